The van der Waals surface area contributed by atoms with Crippen molar-refractivity contribution in [2.45, 2.75) is 57.2 Å². The van der Waals surface area contributed by atoms with Crippen LogP contribution in [-0.2, 0) is 36.3 Å². The quantitative estimate of drug-likeness (QED) is 0.467. The highest BCUT2D eigenvalue weighted by Gasteiger charge is 2.52. The molecule has 0 atom stereocenters. The summed E-state index contributed by atoms with van der Waals surface area (Å²) >= 11 is 1.01. The number of sulfone groups is 1. The van der Waals surface area contributed by atoms with Crippen LogP contribution in [0.4, 0.5) is 9.80 Å². The lowest BCUT2D eigenvalue weighted by Crippen LogP contribution is -2.49. The normalized spacial score (nSPS) is 26.1. The van der Waals surface area contributed by atoms with E-state index in [1.807, 2.05) is 0 Å². The molecule has 12 heteroatoms. The lowest BCUT2D eigenvalue weighted by Gasteiger charge is -2.33. The van der Waals surface area contributed by atoms with E-state index >= 15 is 0 Å². The van der Waals surface area contributed by atoms with Gasteiger partial charge in [0, 0.05) is 4.88 Å². The Labute approximate surface area is 196 Å². The highest BCUT2D eigenvalue weighted by Crippen LogP contribution is 2.39. The van der Waals surface area contributed by atoms with Gasteiger partial charge in [-0.15, -0.1) is 11.3 Å². The number of anilines is 1. The van der Waals surface area contributed by atoms with Gasteiger partial charge in [0.15, 0.2) is 9.84 Å². The number of nitrogens with zero attached hydrogens (tertiary/aromatic N) is 1. The van der Waals surface area contributed by atoms with E-state index in [1.165, 1.54) is 0 Å². The topological polar surface area (TPSA) is 139 Å². The molecule has 4 amide bonds. The predicted molar refractivity (Wildman–Crippen MR) is 121 cm³/mol. The van der Waals surface area contributed by atoms with Crippen LogP contribution >= 0.6 is 11.3 Å². The fraction of sp³-hybridized carbons (Fsp3) is 0.619. The molecule has 0 radical (unpaired) electrons. The maximum atomic E-state index is 13.0. The van der Waals surface area contributed by atoms with E-state index in [-0.39, 0.29) is 35.1 Å². The standard InChI is InChI=1S/C21H27N3O7S2/c1-3-31-18(26)16-13-6-9-33(29,30)11-14(13)32-17(16)22-15(25)10-24-19(27)21(23-20(24)28)7-4-12(2)5-8-21/h12H,3-11H2,1-2H3,(H,22,25)(H,23,28). The summed E-state index contributed by atoms with van der Waals surface area (Å²) in [6, 6.07) is -0.605. The third kappa shape index (κ3) is 4.50. The first-order valence-corrected chi connectivity index (χ1v) is 13.6. The number of imide groups is 1. The fourth-order valence-corrected chi connectivity index (χ4v) is 7.71. The molecule has 1 saturated heterocycles. The van der Waals surface area contributed by atoms with Crippen LogP contribution in [0.5, 0.6) is 0 Å². The molecular formula is C21H27N3O7S2. The molecular weight excluding hydrogens is 470 g/mol. The zero-order valence-corrected chi connectivity index (χ0v) is 20.2. The summed E-state index contributed by atoms with van der Waals surface area (Å²) in [5.41, 5.74) is -0.236. The van der Waals surface area contributed by atoms with Crippen molar-refractivity contribution in [2.24, 2.45) is 5.92 Å². The number of esters is 1. The van der Waals surface area contributed by atoms with E-state index in [2.05, 4.69) is 17.6 Å². The number of amides is 4. The van der Waals surface area contributed by atoms with Crippen molar-refractivity contribution < 1.29 is 32.3 Å². The third-order valence-electron chi connectivity index (χ3n) is 6.51. The summed E-state index contributed by atoms with van der Waals surface area (Å²) in [5.74, 6) is -1.51. The summed E-state index contributed by atoms with van der Waals surface area (Å²) in [7, 11) is -3.28. The Balaban J connectivity index is 1.53. The lowest BCUT2D eigenvalue weighted by molar-refractivity contribution is -0.135. The Kier molecular flexibility index (Phi) is 6.25. The van der Waals surface area contributed by atoms with E-state index in [0.717, 1.165) is 29.1 Å². The van der Waals surface area contributed by atoms with E-state index in [1.54, 1.807) is 6.92 Å². The number of thiophene rings is 1. The first-order valence-electron chi connectivity index (χ1n) is 11.0. The number of nitrogens with one attached hydrogen (secondary N) is 2. The average Bonchev–Trinajstić information content (AvgIpc) is 3.19. The van der Waals surface area contributed by atoms with Crippen LogP contribution in [0.25, 0.3) is 0 Å². The number of urea groups is 1. The Morgan fingerprint density at radius 3 is 2.64 bits per heavy atom. The minimum Gasteiger partial charge on any atom is -0.462 e. The molecule has 1 saturated carbocycles. The highest BCUT2D eigenvalue weighted by molar-refractivity contribution is 7.90. The van der Waals surface area contributed by atoms with Gasteiger partial charge in [0.25, 0.3) is 5.91 Å². The van der Waals surface area contributed by atoms with E-state index < -0.39 is 45.7 Å². The number of carbonyl (C=O) groups excluding carboxylic acids is 4. The number of carbonyl (C=O) groups is 4. The molecule has 1 aliphatic carbocycles. The Morgan fingerprint density at radius 2 is 1.97 bits per heavy atom. The zero-order chi connectivity index (χ0) is 24.0. The van der Waals surface area contributed by atoms with Crippen LogP contribution in [0.1, 0.15) is 60.3 Å². The fourth-order valence-electron chi connectivity index (χ4n) is 4.65. The number of hydrogen-bond acceptors (Lipinski definition) is 8. The summed E-state index contributed by atoms with van der Waals surface area (Å²) in [6.07, 6.45) is 2.87. The van der Waals surface area contributed by atoms with Gasteiger partial charge in [-0.3, -0.25) is 14.5 Å². The molecule has 1 aromatic heterocycles. The Hall–Kier alpha value is -2.47. The minimum atomic E-state index is -3.28. The maximum absolute atomic E-state index is 13.0. The minimum absolute atomic E-state index is 0.0837. The van der Waals surface area contributed by atoms with Crippen molar-refractivity contribution in [3.05, 3.63) is 16.0 Å². The van der Waals surface area contributed by atoms with Crippen molar-refractivity contribution >= 4 is 50.0 Å². The van der Waals surface area contributed by atoms with Crippen molar-refractivity contribution in [1.82, 2.24) is 10.2 Å². The van der Waals surface area contributed by atoms with Gasteiger partial charge in [0.1, 0.15) is 17.1 Å². The molecule has 2 aliphatic heterocycles. The molecule has 180 valence electrons. The van der Waals surface area contributed by atoms with Gasteiger partial charge in [-0.2, -0.15) is 0 Å². The van der Waals surface area contributed by atoms with Gasteiger partial charge in [-0.25, -0.2) is 18.0 Å². The smallest absolute Gasteiger partial charge is 0.341 e. The molecule has 10 nitrogen and oxygen atoms in total. The molecule has 0 bridgehead atoms. The van der Waals surface area contributed by atoms with Crippen molar-refractivity contribution in [3.63, 3.8) is 0 Å². The number of fused-ring (bicyclic) bond motifs is 1. The molecule has 33 heavy (non-hydrogen) atoms. The first-order chi connectivity index (χ1) is 15.5. The monoisotopic (exact) mass is 497 g/mol. The third-order valence-corrected chi connectivity index (χ3v) is 9.40. The second-order valence-corrected chi connectivity index (χ2v) is 12.2. The van der Waals surface area contributed by atoms with Crippen LogP contribution < -0.4 is 10.6 Å². The molecule has 0 aromatic carbocycles. The molecule has 3 heterocycles. The molecule has 1 spiro atoms. The van der Waals surface area contributed by atoms with E-state index in [0.29, 0.717) is 29.2 Å². The second-order valence-electron chi connectivity index (χ2n) is 8.90. The number of rotatable bonds is 5. The van der Waals surface area contributed by atoms with Crippen LogP contribution in [-0.4, -0.2) is 61.6 Å². The van der Waals surface area contributed by atoms with E-state index in [9.17, 15) is 27.6 Å². The van der Waals surface area contributed by atoms with Crippen LogP contribution in [0, 0.1) is 5.92 Å². The average molecular weight is 498 g/mol. The molecule has 1 aromatic rings. The first kappa shape index (κ1) is 23.7. The Bertz CT molecular complexity index is 1120. The van der Waals surface area contributed by atoms with Crippen LogP contribution in [0.3, 0.4) is 0 Å². The van der Waals surface area contributed by atoms with Gasteiger partial charge in [0.2, 0.25) is 5.91 Å². The lowest BCUT2D eigenvalue weighted by atomic mass is 9.77. The highest BCUT2D eigenvalue weighted by atomic mass is 32.2. The van der Waals surface area contributed by atoms with Crippen molar-refractivity contribution in [2.75, 3.05) is 24.2 Å². The summed E-state index contributed by atoms with van der Waals surface area (Å²) in [5, 5.41) is 5.56. The Morgan fingerprint density at radius 1 is 1.27 bits per heavy atom. The van der Waals surface area contributed by atoms with Gasteiger partial charge in [-0.1, -0.05) is 6.92 Å². The van der Waals surface area contributed by atoms with Crippen LogP contribution in [0.15, 0.2) is 0 Å². The maximum Gasteiger partial charge on any atom is 0.341 e. The van der Waals surface area contributed by atoms with Crippen molar-refractivity contribution in [1.29, 1.82) is 0 Å². The zero-order valence-electron chi connectivity index (χ0n) is 18.6. The van der Waals surface area contributed by atoms with Crippen molar-refractivity contribution in [3.8, 4) is 0 Å². The summed E-state index contributed by atoms with van der Waals surface area (Å²) in [4.78, 5) is 52.3. The predicted octanol–water partition coefficient (Wildman–Crippen LogP) is 1.83. The molecule has 3 aliphatic rings. The largest absolute Gasteiger partial charge is 0.462 e. The molecule has 2 N–H and O–H groups in total. The SMILES string of the molecule is CCOC(=O)c1c(NC(=O)CN2C(=O)NC3(CCC(C)CC3)C2=O)sc2c1CCS(=O)(=O)C2. The molecule has 0 unspecified atom stereocenters. The molecule has 2 fully saturated rings. The second kappa shape index (κ2) is 8.71. The number of ether oxygens (including phenoxy) is 1. The van der Waals surface area contributed by atoms with Crippen LogP contribution in [0.2, 0.25) is 0 Å². The van der Waals surface area contributed by atoms with Gasteiger partial charge in [-0.05, 0) is 50.5 Å². The molecule has 4 rings (SSSR count). The van der Waals surface area contributed by atoms with Gasteiger partial charge < -0.3 is 15.4 Å². The van der Waals surface area contributed by atoms with Gasteiger partial charge in [0.05, 0.1) is 23.7 Å². The number of hydrogen-bond donors (Lipinski definition) is 2. The summed E-state index contributed by atoms with van der Waals surface area (Å²) < 4.78 is 29.2. The van der Waals surface area contributed by atoms with Gasteiger partial charge >= 0.3 is 12.0 Å². The summed E-state index contributed by atoms with van der Waals surface area (Å²) in [6.45, 7) is 3.38. The van der Waals surface area contributed by atoms with E-state index in [4.69, 9.17) is 4.74 Å².